The summed E-state index contributed by atoms with van der Waals surface area (Å²) in [6.07, 6.45) is 1.56. The van der Waals surface area contributed by atoms with Gasteiger partial charge in [-0.1, -0.05) is 47.6 Å². The molecule has 5 nitrogen and oxygen atoms in total. The van der Waals surface area contributed by atoms with Crippen molar-refractivity contribution in [1.82, 2.24) is 0 Å². The molecule has 0 spiro atoms. The first kappa shape index (κ1) is 23.8. The molecule has 1 N–H and O–H groups in total. The maximum atomic E-state index is 15.3. The van der Waals surface area contributed by atoms with Gasteiger partial charge in [-0.05, 0) is 58.6 Å². The van der Waals surface area contributed by atoms with Crippen LogP contribution in [0.25, 0.3) is 0 Å². The molecule has 3 rings (SSSR count). The first-order valence-electron chi connectivity index (χ1n) is 7.74. The van der Waals surface area contributed by atoms with Crippen LogP contribution in [0.5, 0.6) is 0 Å². The summed E-state index contributed by atoms with van der Waals surface area (Å²) in [6, 6.07) is 14.7. The third-order valence-corrected chi connectivity index (χ3v) is 5.75. The van der Waals surface area contributed by atoms with Crippen LogP contribution in [-0.2, 0) is 25.9 Å². The monoisotopic (exact) mass is 711 g/mol. The smallest absolute Gasteiger partial charge is 0.404 e. The molecule has 146 valence electrons. The van der Waals surface area contributed by atoms with Gasteiger partial charge in [0.1, 0.15) is 10.7 Å². The number of nitrogens with zero attached hydrogens (tertiary/aromatic N) is 1. The number of halogens is 3. The van der Waals surface area contributed by atoms with Gasteiger partial charge in [-0.15, -0.1) is 5.56 Å². The minimum atomic E-state index is -0.920. The maximum absolute atomic E-state index is 15.3. The molecule has 10 heteroatoms. The van der Waals surface area contributed by atoms with Crippen LogP contribution in [0.2, 0.25) is 5.02 Å². The van der Waals surface area contributed by atoms with Gasteiger partial charge in [-0.2, -0.15) is 0 Å². The average molecular weight is 712 g/mol. The summed E-state index contributed by atoms with van der Waals surface area (Å²) in [4.78, 5) is 22.5. The number of anilines is 2. The van der Waals surface area contributed by atoms with Crippen molar-refractivity contribution in [3.05, 3.63) is 84.7 Å². The standard InChI is InChI=1S/C19H10ClFIN2O3S.W/c20-14-9-12(22)6-7-15(14)23-18-11(10-25)8-16(24(26)27)19(17(18)21)28-13-4-2-1-3-5-13;/h1-9,23H;/q-1;+2. The second-order valence-electron chi connectivity index (χ2n) is 5.48. The summed E-state index contributed by atoms with van der Waals surface area (Å²) in [6.45, 7) is 0. The van der Waals surface area contributed by atoms with Gasteiger partial charge in [0.2, 0.25) is 5.69 Å². The van der Waals surface area contributed by atoms with E-state index in [1.165, 1.54) is 0 Å². The fraction of sp³-hybridized carbons (Fsp3) is 0. The average Bonchev–Trinajstić information content (AvgIpc) is 2.67. The minimum Gasteiger partial charge on any atom is -0.404 e. The summed E-state index contributed by atoms with van der Waals surface area (Å²) < 4.78 is 16.2. The zero-order chi connectivity index (χ0) is 20.3. The van der Waals surface area contributed by atoms with E-state index in [1.807, 2.05) is 0 Å². The summed E-state index contributed by atoms with van der Waals surface area (Å²) in [5, 5.41) is 14.5. The molecule has 0 atom stereocenters. The molecule has 3 aromatic rings. The quantitative estimate of drug-likeness (QED) is 0.140. The number of hydrogen-bond acceptors (Lipinski definition) is 5. The molecule has 0 aliphatic heterocycles. The Morgan fingerprint density at radius 2 is 1.86 bits per heavy atom. The van der Waals surface area contributed by atoms with E-state index in [9.17, 15) is 14.9 Å². The second-order valence-corrected chi connectivity index (χ2v) is 8.22. The molecular formula is C19H10ClFIN2O3SW+. The fourth-order valence-corrected chi connectivity index (χ4v) is 4.25. The van der Waals surface area contributed by atoms with Crippen LogP contribution < -0.4 is 5.32 Å². The van der Waals surface area contributed by atoms with Crippen LogP contribution in [0.4, 0.5) is 21.5 Å². The van der Waals surface area contributed by atoms with Crippen molar-refractivity contribution in [1.29, 1.82) is 0 Å². The van der Waals surface area contributed by atoms with E-state index in [0.717, 1.165) is 21.4 Å². The fourth-order valence-electron chi connectivity index (χ4n) is 2.39. The number of nitro benzene ring substituents is 1. The van der Waals surface area contributed by atoms with E-state index in [4.69, 9.17) is 11.6 Å². The van der Waals surface area contributed by atoms with Crippen molar-refractivity contribution in [2.24, 2.45) is 0 Å². The molecule has 0 saturated carbocycles. The molecule has 0 radical (unpaired) electrons. The topological polar surface area (TPSA) is 72.2 Å². The molecule has 0 saturated heterocycles. The Morgan fingerprint density at radius 1 is 1.17 bits per heavy atom. The van der Waals surface area contributed by atoms with Crippen molar-refractivity contribution >= 4 is 69.3 Å². The predicted octanol–water partition coefficient (Wildman–Crippen LogP) is 6.34. The van der Waals surface area contributed by atoms with Crippen LogP contribution in [-0.4, -0.2) is 11.2 Å². The molecular weight excluding hydrogens is 701 g/mol. The van der Waals surface area contributed by atoms with Crippen LogP contribution in [0.3, 0.4) is 0 Å². The third-order valence-electron chi connectivity index (χ3n) is 3.66. The Labute approximate surface area is 203 Å². The molecule has 0 aliphatic rings. The number of nitro groups is 1. The molecule has 0 bridgehead atoms. The number of carbonyl (C=O) groups excluding carboxylic acids is 1. The molecule has 0 unspecified atom stereocenters. The van der Waals surface area contributed by atoms with Crippen LogP contribution in [0.15, 0.2) is 64.4 Å². The van der Waals surface area contributed by atoms with Crippen molar-refractivity contribution < 1.29 is 35.2 Å². The van der Waals surface area contributed by atoms with Gasteiger partial charge < -0.3 is 10.1 Å². The molecule has 3 aromatic carbocycles. The molecule has 0 aliphatic carbocycles. The van der Waals surface area contributed by atoms with E-state index in [0.29, 0.717) is 15.6 Å². The van der Waals surface area contributed by atoms with E-state index in [-0.39, 0.29) is 37.2 Å². The van der Waals surface area contributed by atoms with Crippen molar-refractivity contribution in [2.75, 3.05) is 5.32 Å². The van der Waals surface area contributed by atoms with E-state index in [2.05, 4.69) is 27.9 Å². The second kappa shape index (κ2) is 10.5. The Kier molecular flexibility index (Phi) is 8.63. The van der Waals surface area contributed by atoms with E-state index < -0.39 is 16.4 Å². The largest absolute Gasteiger partial charge is 2.00 e. The SMILES string of the molecule is O=[C-]c1cc([N+](=O)[O-])c(Sc2ccccc2)c(F)c1Nc1ccc(I)cc1Cl.[W+2]. The van der Waals surface area contributed by atoms with E-state index >= 15 is 4.39 Å². The van der Waals surface area contributed by atoms with Crippen molar-refractivity contribution in [3.8, 4) is 0 Å². The number of hydrogen-bond donors (Lipinski definition) is 1. The summed E-state index contributed by atoms with van der Waals surface area (Å²) >= 11 is 9.15. The Balaban J connectivity index is 0.00000300. The minimum absolute atomic E-state index is 0. The van der Waals surface area contributed by atoms with Crippen LogP contribution in [0.1, 0.15) is 5.56 Å². The Hall–Kier alpha value is -1.48. The first-order chi connectivity index (χ1) is 13.4. The molecule has 0 aromatic heterocycles. The summed E-state index contributed by atoms with van der Waals surface area (Å²) in [5.74, 6) is -0.920. The zero-order valence-electron chi connectivity index (χ0n) is 14.3. The molecule has 0 heterocycles. The van der Waals surface area contributed by atoms with Crippen molar-refractivity contribution in [2.45, 2.75) is 9.79 Å². The van der Waals surface area contributed by atoms with Gasteiger partial charge in [0.05, 0.1) is 16.2 Å². The van der Waals surface area contributed by atoms with E-state index in [1.54, 1.807) is 54.8 Å². The van der Waals surface area contributed by atoms with Gasteiger partial charge in [-0.25, -0.2) is 4.39 Å². The molecule has 0 fully saturated rings. The third kappa shape index (κ3) is 5.57. The van der Waals surface area contributed by atoms with Crippen molar-refractivity contribution in [3.63, 3.8) is 0 Å². The maximum Gasteiger partial charge on any atom is 2.00 e. The van der Waals surface area contributed by atoms with Gasteiger partial charge in [0, 0.05) is 14.2 Å². The number of rotatable bonds is 6. The Bertz CT molecular complexity index is 1070. The van der Waals surface area contributed by atoms with Gasteiger partial charge in [-0.3, -0.25) is 10.1 Å². The summed E-state index contributed by atoms with van der Waals surface area (Å²) in [5.41, 5.74) is -0.663. The predicted molar refractivity (Wildman–Crippen MR) is 116 cm³/mol. The molecule has 0 amide bonds. The zero-order valence-corrected chi connectivity index (χ0v) is 21.0. The van der Waals surface area contributed by atoms with Gasteiger partial charge in [0.25, 0.3) is 0 Å². The van der Waals surface area contributed by atoms with Crippen LogP contribution in [0, 0.1) is 19.5 Å². The summed E-state index contributed by atoms with van der Waals surface area (Å²) in [7, 11) is 0. The normalized spacial score (nSPS) is 10.2. The van der Waals surface area contributed by atoms with Gasteiger partial charge >= 0.3 is 21.1 Å². The van der Waals surface area contributed by atoms with Crippen LogP contribution >= 0.6 is 46.0 Å². The first-order valence-corrected chi connectivity index (χ1v) is 10.0. The number of benzene rings is 3. The number of nitrogens with one attached hydrogen (secondary N) is 1. The van der Waals surface area contributed by atoms with Gasteiger partial charge in [0.15, 0.2) is 0 Å². The Morgan fingerprint density at radius 3 is 2.45 bits per heavy atom. The molecule has 29 heavy (non-hydrogen) atoms.